The second-order valence-electron chi connectivity index (χ2n) is 4.99. The second-order valence-corrected chi connectivity index (χ2v) is 4.99. The fourth-order valence-electron chi connectivity index (χ4n) is 1.93. The number of aryl methyl sites for hydroxylation is 1. The Labute approximate surface area is 129 Å². The zero-order valence-electron chi connectivity index (χ0n) is 12.6. The van der Waals surface area contributed by atoms with Gasteiger partial charge in [-0.2, -0.15) is 5.26 Å². The molecule has 0 N–H and O–H groups in total. The number of nitriles is 1. The van der Waals surface area contributed by atoms with E-state index in [1.165, 1.54) is 0 Å². The highest BCUT2D eigenvalue weighted by Crippen LogP contribution is 2.14. The lowest BCUT2D eigenvalue weighted by Crippen LogP contribution is -2.26. The number of hydrogen-bond acceptors (Lipinski definition) is 4. The highest BCUT2D eigenvalue weighted by molar-refractivity contribution is 5.74. The number of esters is 1. The Morgan fingerprint density at radius 3 is 2.59 bits per heavy atom. The minimum Gasteiger partial charge on any atom is -0.479 e. The first-order chi connectivity index (χ1) is 10.6. The molecule has 0 saturated carbocycles. The Morgan fingerprint density at radius 1 is 1.23 bits per heavy atom. The van der Waals surface area contributed by atoms with Crippen molar-refractivity contribution in [3.63, 3.8) is 0 Å². The molecule has 0 aliphatic heterocycles. The molecular weight excluding hydrogens is 278 g/mol. The topological polar surface area (TPSA) is 59.3 Å². The van der Waals surface area contributed by atoms with Gasteiger partial charge in [0.1, 0.15) is 12.4 Å². The standard InChI is InChI=1S/C18H17NO3/c1-13-4-3-5-16(10-13)12-21-18(20)14(2)22-17-8-6-15(11-19)7-9-17/h3-10,14H,12H2,1-2H3/t14-/m0/s1. The molecule has 4 heteroatoms. The Morgan fingerprint density at radius 2 is 1.95 bits per heavy atom. The molecule has 0 aromatic heterocycles. The molecule has 0 saturated heterocycles. The number of hydrogen-bond donors (Lipinski definition) is 0. The summed E-state index contributed by atoms with van der Waals surface area (Å²) in [5.74, 6) is 0.102. The van der Waals surface area contributed by atoms with Crippen molar-refractivity contribution in [1.29, 1.82) is 5.26 Å². The smallest absolute Gasteiger partial charge is 0.347 e. The van der Waals surface area contributed by atoms with E-state index in [-0.39, 0.29) is 6.61 Å². The van der Waals surface area contributed by atoms with Gasteiger partial charge in [0.2, 0.25) is 0 Å². The van der Waals surface area contributed by atoms with Crippen LogP contribution in [-0.4, -0.2) is 12.1 Å². The summed E-state index contributed by atoms with van der Waals surface area (Å²) in [6, 6.07) is 16.4. The summed E-state index contributed by atoms with van der Waals surface area (Å²) in [6.45, 7) is 3.85. The first-order valence-corrected chi connectivity index (χ1v) is 6.97. The first-order valence-electron chi connectivity index (χ1n) is 6.97. The third-order valence-electron chi connectivity index (χ3n) is 3.09. The lowest BCUT2D eigenvalue weighted by atomic mass is 10.1. The molecule has 2 rings (SSSR count). The molecule has 0 amide bonds. The van der Waals surface area contributed by atoms with Crippen LogP contribution in [0.5, 0.6) is 5.75 Å². The van der Waals surface area contributed by atoms with Gasteiger partial charge in [0, 0.05) is 0 Å². The van der Waals surface area contributed by atoms with Crippen molar-refractivity contribution in [2.24, 2.45) is 0 Å². The van der Waals surface area contributed by atoms with Crippen LogP contribution in [0.2, 0.25) is 0 Å². The van der Waals surface area contributed by atoms with Gasteiger partial charge in [0.05, 0.1) is 11.6 Å². The summed E-state index contributed by atoms with van der Waals surface area (Å²) in [5, 5.41) is 8.73. The van der Waals surface area contributed by atoms with E-state index in [1.807, 2.05) is 37.3 Å². The highest BCUT2D eigenvalue weighted by atomic mass is 16.6. The molecule has 22 heavy (non-hydrogen) atoms. The maximum absolute atomic E-state index is 11.9. The molecule has 4 nitrogen and oxygen atoms in total. The van der Waals surface area contributed by atoms with Gasteiger partial charge in [-0.15, -0.1) is 0 Å². The molecule has 0 fully saturated rings. The fraction of sp³-hybridized carbons (Fsp3) is 0.222. The van der Waals surface area contributed by atoms with E-state index in [0.29, 0.717) is 11.3 Å². The molecule has 0 unspecified atom stereocenters. The van der Waals surface area contributed by atoms with Crippen LogP contribution in [0.3, 0.4) is 0 Å². The van der Waals surface area contributed by atoms with Crippen LogP contribution in [0.25, 0.3) is 0 Å². The van der Waals surface area contributed by atoms with E-state index in [1.54, 1.807) is 31.2 Å². The highest BCUT2D eigenvalue weighted by Gasteiger charge is 2.16. The second kappa shape index (κ2) is 7.28. The van der Waals surface area contributed by atoms with Crippen LogP contribution in [0.15, 0.2) is 48.5 Å². The number of carbonyl (C=O) groups excluding carboxylic acids is 1. The predicted octanol–water partition coefficient (Wildman–Crippen LogP) is 3.38. The van der Waals surface area contributed by atoms with E-state index in [4.69, 9.17) is 14.7 Å². The minimum atomic E-state index is -0.710. The first kappa shape index (κ1) is 15.6. The van der Waals surface area contributed by atoms with Crippen molar-refractivity contribution in [1.82, 2.24) is 0 Å². The van der Waals surface area contributed by atoms with Crippen LogP contribution in [-0.2, 0) is 16.1 Å². The van der Waals surface area contributed by atoms with Gasteiger partial charge >= 0.3 is 5.97 Å². The average molecular weight is 295 g/mol. The molecule has 0 heterocycles. The summed E-state index contributed by atoms with van der Waals surface area (Å²) in [7, 11) is 0. The molecule has 1 atom stereocenters. The van der Waals surface area contributed by atoms with Crippen LogP contribution < -0.4 is 4.74 Å². The lowest BCUT2D eigenvalue weighted by Gasteiger charge is -2.14. The molecular formula is C18H17NO3. The van der Waals surface area contributed by atoms with Gasteiger partial charge in [-0.1, -0.05) is 29.8 Å². The quantitative estimate of drug-likeness (QED) is 0.793. The Balaban J connectivity index is 1.87. The third kappa shape index (κ3) is 4.35. The number of nitrogens with zero attached hydrogens (tertiary/aromatic N) is 1. The van der Waals surface area contributed by atoms with Gasteiger partial charge in [-0.25, -0.2) is 4.79 Å². The monoisotopic (exact) mass is 295 g/mol. The lowest BCUT2D eigenvalue weighted by molar-refractivity contribution is -0.152. The summed E-state index contributed by atoms with van der Waals surface area (Å²) in [5.41, 5.74) is 2.61. The number of rotatable bonds is 5. The van der Waals surface area contributed by atoms with E-state index in [2.05, 4.69) is 0 Å². The molecule has 2 aromatic rings. The average Bonchev–Trinajstić information content (AvgIpc) is 2.53. The van der Waals surface area contributed by atoms with E-state index >= 15 is 0 Å². The summed E-state index contributed by atoms with van der Waals surface area (Å²) < 4.78 is 10.7. The van der Waals surface area contributed by atoms with Gasteiger partial charge in [0.25, 0.3) is 0 Å². The van der Waals surface area contributed by atoms with E-state index in [9.17, 15) is 4.79 Å². The van der Waals surface area contributed by atoms with Gasteiger partial charge < -0.3 is 9.47 Å². The van der Waals surface area contributed by atoms with Gasteiger partial charge in [0.15, 0.2) is 6.10 Å². The Bertz CT molecular complexity index is 686. The molecule has 0 aliphatic rings. The van der Waals surface area contributed by atoms with Gasteiger partial charge in [-0.05, 0) is 43.7 Å². The normalized spacial score (nSPS) is 11.3. The van der Waals surface area contributed by atoms with Crippen molar-refractivity contribution in [2.45, 2.75) is 26.6 Å². The number of carbonyl (C=O) groups is 1. The molecule has 2 aromatic carbocycles. The van der Waals surface area contributed by atoms with E-state index < -0.39 is 12.1 Å². The molecule has 0 radical (unpaired) electrons. The predicted molar refractivity (Wildman–Crippen MR) is 82.2 cm³/mol. The summed E-state index contributed by atoms with van der Waals surface area (Å²) >= 11 is 0. The number of benzene rings is 2. The zero-order chi connectivity index (χ0) is 15.9. The molecule has 0 aliphatic carbocycles. The Kier molecular flexibility index (Phi) is 5.16. The van der Waals surface area contributed by atoms with Crippen molar-refractivity contribution >= 4 is 5.97 Å². The summed E-state index contributed by atoms with van der Waals surface area (Å²) in [6.07, 6.45) is -0.710. The SMILES string of the molecule is Cc1cccc(COC(=O)[C@H](C)Oc2ccc(C#N)cc2)c1. The van der Waals surface area contributed by atoms with Crippen LogP contribution in [0.4, 0.5) is 0 Å². The zero-order valence-corrected chi connectivity index (χ0v) is 12.6. The fourth-order valence-corrected chi connectivity index (χ4v) is 1.93. The number of ether oxygens (including phenoxy) is 2. The van der Waals surface area contributed by atoms with Crippen LogP contribution >= 0.6 is 0 Å². The maximum Gasteiger partial charge on any atom is 0.347 e. The van der Waals surface area contributed by atoms with Crippen molar-refractivity contribution in [2.75, 3.05) is 0 Å². The van der Waals surface area contributed by atoms with Crippen LogP contribution in [0.1, 0.15) is 23.6 Å². The van der Waals surface area contributed by atoms with Gasteiger partial charge in [-0.3, -0.25) is 0 Å². The minimum absolute atomic E-state index is 0.224. The maximum atomic E-state index is 11.9. The van der Waals surface area contributed by atoms with Crippen molar-refractivity contribution < 1.29 is 14.3 Å². The molecule has 0 bridgehead atoms. The van der Waals surface area contributed by atoms with E-state index in [0.717, 1.165) is 11.1 Å². The summed E-state index contributed by atoms with van der Waals surface area (Å²) in [4.78, 5) is 11.9. The molecule has 112 valence electrons. The Hall–Kier alpha value is -2.80. The third-order valence-corrected chi connectivity index (χ3v) is 3.09. The van der Waals surface area contributed by atoms with Crippen molar-refractivity contribution in [3.05, 3.63) is 65.2 Å². The molecule has 0 spiro atoms. The van der Waals surface area contributed by atoms with Crippen molar-refractivity contribution in [3.8, 4) is 11.8 Å². The largest absolute Gasteiger partial charge is 0.479 e. The van der Waals surface area contributed by atoms with Crippen LogP contribution in [0, 0.1) is 18.3 Å².